The molecule has 0 spiro atoms. The minimum Gasteiger partial charge on any atom is -0.495 e. The molecule has 106 valence electrons. The second-order valence-electron chi connectivity index (χ2n) is 4.50. The molecular formula is C14H22N2O3. The minimum absolute atomic E-state index is 0.0128. The summed E-state index contributed by atoms with van der Waals surface area (Å²) in [6.07, 6.45) is 0.763. The van der Waals surface area contributed by atoms with Gasteiger partial charge in [0.05, 0.1) is 25.4 Å². The number of carbonyl (C=O) groups excluding carboxylic acids is 1. The summed E-state index contributed by atoms with van der Waals surface area (Å²) in [4.78, 5) is 12.2. The molecule has 1 rings (SSSR count). The minimum atomic E-state index is -0.370. The van der Waals surface area contributed by atoms with Gasteiger partial charge in [0.2, 0.25) is 0 Å². The molecule has 0 saturated heterocycles. The van der Waals surface area contributed by atoms with Crippen molar-refractivity contribution in [3.8, 4) is 5.75 Å². The van der Waals surface area contributed by atoms with Crippen LogP contribution in [-0.2, 0) is 0 Å². The van der Waals surface area contributed by atoms with Crippen LogP contribution in [0.2, 0.25) is 0 Å². The molecular weight excluding hydrogens is 244 g/mol. The van der Waals surface area contributed by atoms with Crippen molar-refractivity contribution in [1.82, 2.24) is 5.32 Å². The number of Topliss-reactive ketones (excluding diaryl/α,β-unsaturated/α-hetero) is 1. The third-order valence-corrected chi connectivity index (χ3v) is 3.11. The van der Waals surface area contributed by atoms with Gasteiger partial charge in [0.1, 0.15) is 5.75 Å². The lowest BCUT2D eigenvalue weighted by atomic mass is 10.0. The number of nitrogens with one attached hydrogen (secondary N) is 1. The summed E-state index contributed by atoms with van der Waals surface area (Å²) < 4.78 is 5.05. The van der Waals surface area contributed by atoms with Crippen LogP contribution in [0.15, 0.2) is 18.2 Å². The van der Waals surface area contributed by atoms with Gasteiger partial charge in [0.25, 0.3) is 0 Å². The number of ketones is 1. The van der Waals surface area contributed by atoms with Gasteiger partial charge in [-0.25, -0.2) is 0 Å². The molecule has 2 atom stereocenters. The molecule has 0 heterocycles. The molecule has 0 fully saturated rings. The lowest BCUT2D eigenvalue weighted by molar-refractivity contribution is 0.0936. The first kappa shape index (κ1) is 15.5. The molecule has 1 aromatic rings. The maximum Gasteiger partial charge on any atom is 0.179 e. The molecule has 0 amide bonds. The van der Waals surface area contributed by atoms with Crippen molar-refractivity contribution in [3.63, 3.8) is 0 Å². The zero-order valence-corrected chi connectivity index (χ0v) is 11.6. The number of aliphatic hydroxyl groups is 1. The third-order valence-electron chi connectivity index (χ3n) is 3.11. The summed E-state index contributed by atoms with van der Waals surface area (Å²) in [6.45, 7) is 3.75. The Kier molecular flexibility index (Phi) is 5.79. The van der Waals surface area contributed by atoms with Crippen molar-refractivity contribution in [3.05, 3.63) is 23.8 Å². The highest BCUT2D eigenvalue weighted by Gasteiger charge is 2.18. The van der Waals surface area contributed by atoms with E-state index < -0.39 is 0 Å². The van der Waals surface area contributed by atoms with E-state index in [2.05, 4.69) is 5.32 Å². The summed E-state index contributed by atoms with van der Waals surface area (Å²) in [7, 11) is 1.53. The number of hydrogen-bond acceptors (Lipinski definition) is 5. The monoisotopic (exact) mass is 266 g/mol. The van der Waals surface area contributed by atoms with Crippen LogP contribution in [-0.4, -0.2) is 36.7 Å². The number of rotatable bonds is 7. The maximum atomic E-state index is 12.2. The molecule has 0 saturated carbocycles. The maximum absolute atomic E-state index is 12.2. The van der Waals surface area contributed by atoms with E-state index in [0.29, 0.717) is 17.0 Å². The first-order chi connectivity index (χ1) is 9.03. The van der Waals surface area contributed by atoms with Crippen LogP contribution in [0.25, 0.3) is 0 Å². The summed E-state index contributed by atoms with van der Waals surface area (Å²) in [5.74, 6) is 0.500. The molecule has 4 N–H and O–H groups in total. The van der Waals surface area contributed by atoms with Crippen molar-refractivity contribution in [2.24, 2.45) is 0 Å². The van der Waals surface area contributed by atoms with Crippen LogP contribution in [0.4, 0.5) is 5.69 Å². The molecule has 0 aliphatic carbocycles. The predicted molar refractivity (Wildman–Crippen MR) is 75.5 cm³/mol. The zero-order chi connectivity index (χ0) is 14.4. The standard InChI is InChI=1S/C14H22N2O3/c1-4-11(8-17)16-9(2)14(18)10-5-6-13(19-3)12(15)7-10/h5-7,9,11,16-17H,4,8,15H2,1-3H3. The van der Waals surface area contributed by atoms with Gasteiger partial charge in [-0.05, 0) is 31.5 Å². The van der Waals surface area contributed by atoms with Gasteiger partial charge in [0.15, 0.2) is 5.78 Å². The van der Waals surface area contributed by atoms with Gasteiger partial charge in [-0.1, -0.05) is 6.92 Å². The highest BCUT2D eigenvalue weighted by Crippen LogP contribution is 2.22. The van der Waals surface area contributed by atoms with E-state index in [0.717, 1.165) is 6.42 Å². The first-order valence-corrected chi connectivity index (χ1v) is 6.38. The van der Waals surface area contributed by atoms with Crippen molar-refractivity contribution in [2.45, 2.75) is 32.4 Å². The number of nitrogens with two attached hydrogens (primary N) is 1. The van der Waals surface area contributed by atoms with Crippen LogP contribution in [0.5, 0.6) is 5.75 Å². The fourth-order valence-electron chi connectivity index (χ4n) is 1.87. The van der Waals surface area contributed by atoms with E-state index in [1.165, 1.54) is 7.11 Å². The normalized spacial score (nSPS) is 13.9. The number of methoxy groups -OCH3 is 1. The van der Waals surface area contributed by atoms with Gasteiger partial charge < -0.3 is 20.9 Å². The third kappa shape index (κ3) is 3.94. The van der Waals surface area contributed by atoms with Crippen molar-refractivity contribution in [2.75, 3.05) is 19.5 Å². The second kappa shape index (κ2) is 7.11. The topological polar surface area (TPSA) is 84.6 Å². The Morgan fingerprint density at radius 1 is 1.53 bits per heavy atom. The number of ether oxygens (including phenoxy) is 1. The quantitative estimate of drug-likeness (QED) is 0.510. The average Bonchev–Trinajstić information content (AvgIpc) is 2.43. The lowest BCUT2D eigenvalue weighted by Gasteiger charge is -2.19. The first-order valence-electron chi connectivity index (χ1n) is 6.38. The van der Waals surface area contributed by atoms with E-state index in [1.807, 2.05) is 6.92 Å². The van der Waals surface area contributed by atoms with E-state index in [-0.39, 0.29) is 24.5 Å². The molecule has 1 aromatic carbocycles. The highest BCUT2D eigenvalue weighted by molar-refractivity contribution is 6.00. The summed E-state index contributed by atoms with van der Waals surface area (Å²) in [5, 5.41) is 12.2. The largest absolute Gasteiger partial charge is 0.495 e. The molecule has 0 radical (unpaired) electrons. The summed E-state index contributed by atoms with van der Waals surface area (Å²) in [6, 6.07) is 4.53. The van der Waals surface area contributed by atoms with E-state index in [9.17, 15) is 4.79 Å². The molecule has 0 bridgehead atoms. The fourth-order valence-corrected chi connectivity index (χ4v) is 1.87. The Labute approximate surface area is 113 Å². The smallest absolute Gasteiger partial charge is 0.179 e. The van der Waals surface area contributed by atoms with Gasteiger partial charge in [-0.15, -0.1) is 0 Å². The second-order valence-corrected chi connectivity index (χ2v) is 4.50. The Morgan fingerprint density at radius 3 is 2.68 bits per heavy atom. The Balaban J connectivity index is 2.79. The zero-order valence-electron chi connectivity index (χ0n) is 11.6. The Morgan fingerprint density at radius 2 is 2.21 bits per heavy atom. The molecule has 2 unspecified atom stereocenters. The molecule has 5 nitrogen and oxygen atoms in total. The molecule has 0 aliphatic rings. The number of carbonyl (C=O) groups is 1. The highest BCUT2D eigenvalue weighted by atomic mass is 16.5. The van der Waals surface area contributed by atoms with Crippen LogP contribution >= 0.6 is 0 Å². The molecule has 5 heteroatoms. The van der Waals surface area contributed by atoms with E-state index >= 15 is 0 Å². The van der Waals surface area contributed by atoms with Gasteiger partial charge in [0, 0.05) is 11.6 Å². The molecule has 0 aliphatic heterocycles. The van der Waals surface area contributed by atoms with Gasteiger partial charge >= 0.3 is 0 Å². The van der Waals surface area contributed by atoms with E-state index in [4.69, 9.17) is 15.6 Å². The summed E-state index contributed by atoms with van der Waals surface area (Å²) in [5.41, 5.74) is 6.76. The van der Waals surface area contributed by atoms with Gasteiger partial charge in [-0.2, -0.15) is 0 Å². The van der Waals surface area contributed by atoms with Gasteiger partial charge in [-0.3, -0.25) is 4.79 Å². The van der Waals surface area contributed by atoms with Crippen LogP contribution in [0, 0.1) is 0 Å². The Bertz CT molecular complexity index is 431. The average molecular weight is 266 g/mol. The van der Waals surface area contributed by atoms with E-state index in [1.54, 1.807) is 25.1 Å². The lowest BCUT2D eigenvalue weighted by Crippen LogP contribution is -2.43. The molecule has 19 heavy (non-hydrogen) atoms. The van der Waals surface area contributed by atoms with Crippen molar-refractivity contribution >= 4 is 11.5 Å². The predicted octanol–water partition coefficient (Wildman–Crippen LogP) is 1.21. The SMILES string of the molecule is CCC(CO)NC(C)C(=O)c1ccc(OC)c(N)c1. The van der Waals surface area contributed by atoms with Crippen LogP contribution in [0.1, 0.15) is 30.6 Å². The number of anilines is 1. The number of benzene rings is 1. The fraction of sp³-hybridized carbons (Fsp3) is 0.500. The Hall–Kier alpha value is -1.59. The van der Waals surface area contributed by atoms with Crippen molar-refractivity contribution in [1.29, 1.82) is 0 Å². The van der Waals surface area contributed by atoms with Crippen molar-refractivity contribution < 1.29 is 14.6 Å². The number of aliphatic hydroxyl groups excluding tert-OH is 1. The van der Waals surface area contributed by atoms with Crippen LogP contribution < -0.4 is 15.8 Å². The summed E-state index contributed by atoms with van der Waals surface area (Å²) >= 11 is 0. The molecule has 0 aromatic heterocycles. The number of nitrogen functional groups attached to an aromatic ring is 1. The number of hydrogen-bond donors (Lipinski definition) is 3. The van der Waals surface area contributed by atoms with Crippen LogP contribution in [0.3, 0.4) is 0 Å².